The SMILES string of the molecule is CCN(Cc1ccncc1)c1cccc(Cl)c1C(N)=S. The molecule has 0 spiro atoms. The van der Waals surface area contributed by atoms with Crippen LogP contribution in [0.15, 0.2) is 42.7 Å². The average molecular weight is 306 g/mol. The average Bonchev–Trinajstić information content (AvgIpc) is 2.45. The van der Waals surface area contributed by atoms with E-state index in [0.29, 0.717) is 10.0 Å². The Labute approximate surface area is 129 Å². The van der Waals surface area contributed by atoms with Crippen molar-refractivity contribution in [3.05, 3.63) is 58.9 Å². The van der Waals surface area contributed by atoms with Crippen molar-refractivity contribution in [2.24, 2.45) is 5.73 Å². The summed E-state index contributed by atoms with van der Waals surface area (Å²) in [5, 5.41) is 0.586. The summed E-state index contributed by atoms with van der Waals surface area (Å²) in [6.45, 7) is 3.68. The summed E-state index contributed by atoms with van der Waals surface area (Å²) < 4.78 is 0. The fourth-order valence-corrected chi connectivity index (χ4v) is 2.64. The maximum absolute atomic E-state index is 6.22. The van der Waals surface area contributed by atoms with Crippen molar-refractivity contribution < 1.29 is 0 Å². The first-order valence-corrected chi connectivity index (χ1v) is 7.14. The molecule has 5 heteroatoms. The second-order valence-electron chi connectivity index (χ2n) is 4.37. The summed E-state index contributed by atoms with van der Waals surface area (Å²) in [7, 11) is 0. The number of nitrogens with zero attached hydrogens (tertiary/aromatic N) is 2. The minimum Gasteiger partial charge on any atom is -0.389 e. The molecule has 0 aliphatic heterocycles. The Bertz CT molecular complexity index is 601. The number of hydrogen-bond acceptors (Lipinski definition) is 3. The second kappa shape index (κ2) is 6.68. The molecule has 104 valence electrons. The first kappa shape index (κ1) is 14.8. The van der Waals surface area contributed by atoms with Gasteiger partial charge in [-0.15, -0.1) is 0 Å². The molecule has 2 rings (SSSR count). The van der Waals surface area contributed by atoms with Gasteiger partial charge in [-0.1, -0.05) is 29.9 Å². The lowest BCUT2D eigenvalue weighted by Gasteiger charge is -2.26. The van der Waals surface area contributed by atoms with Crippen LogP contribution in [0.25, 0.3) is 0 Å². The number of pyridine rings is 1. The lowest BCUT2D eigenvalue weighted by molar-refractivity contribution is 0.829. The van der Waals surface area contributed by atoms with Gasteiger partial charge in [0.05, 0.1) is 10.6 Å². The summed E-state index contributed by atoms with van der Waals surface area (Å²) >= 11 is 11.3. The molecule has 1 aromatic heterocycles. The van der Waals surface area contributed by atoms with E-state index in [2.05, 4.69) is 16.8 Å². The third kappa shape index (κ3) is 3.26. The Morgan fingerprint density at radius 3 is 2.60 bits per heavy atom. The van der Waals surface area contributed by atoms with E-state index in [9.17, 15) is 0 Å². The summed E-state index contributed by atoms with van der Waals surface area (Å²) in [6, 6.07) is 9.70. The lowest BCUT2D eigenvalue weighted by Crippen LogP contribution is -2.25. The van der Waals surface area contributed by atoms with Crippen LogP contribution in [-0.2, 0) is 6.54 Å². The molecule has 0 saturated heterocycles. The standard InChI is InChI=1S/C15H16ClN3S/c1-2-19(10-11-6-8-18-9-7-11)13-5-3-4-12(16)14(13)15(17)20/h3-9H,2,10H2,1H3,(H2,17,20). The number of aromatic nitrogens is 1. The molecule has 0 amide bonds. The molecule has 3 nitrogen and oxygen atoms in total. The van der Waals surface area contributed by atoms with Gasteiger partial charge in [0.2, 0.25) is 0 Å². The quantitative estimate of drug-likeness (QED) is 0.860. The summed E-state index contributed by atoms with van der Waals surface area (Å²) in [5.41, 5.74) is 8.69. The predicted octanol–water partition coefficient (Wildman–Crippen LogP) is 3.40. The van der Waals surface area contributed by atoms with Gasteiger partial charge in [-0.25, -0.2) is 0 Å². The van der Waals surface area contributed by atoms with Crippen LogP contribution in [0.1, 0.15) is 18.1 Å². The van der Waals surface area contributed by atoms with Gasteiger partial charge in [0.1, 0.15) is 4.99 Å². The number of nitrogens with two attached hydrogens (primary N) is 1. The molecule has 0 radical (unpaired) electrons. The topological polar surface area (TPSA) is 42.2 Å². The Balaban J connectivity index is 2.37. The predicted molar refractivity (Wildman–Crippen MR) is 88.3 cm³/mol. The van der Waals surface area contributed by atoms with Gasteiger partial charge < -0.3 is 10.6 Å². The molecule has 20 heavy (non-hydrogen) atoms. The second-order valence-corrected chi connectivity index (χ2v) is 5.21. The molecular weight excluding hydrogens is 290 g/mol. The molecule has 0 bridgehead atoms. The highest BCUT2D eigenvalue weighted by atomic mass is 35.5. The zero-order valence-corrected chi connectivity index (χ0v) is 12.8. The van der Waals surface area contributed by atoms with Crippen molar-refractivity contribution in [3.8, 4) is 0 Å². The van der Waals surface area contributed by atoms with E-state index in [1.54, 1.807) is 18.5 Å². The molecule has 2 aromatic rings. The van der Waals surface area contributed by atoms with Gasteiger partial charge in [0.15, 0.2) is 0 Å². The Kier molecular flexibility index (Phi) is 4.93. The van der Waals surface area contributed by atoms with Crippen LogP contribution in [0, 0.1) is 0 Å². The molecule has 0 aliphatic rings. The summed E-state index contributed by atoms with van der Waals surface area (Å²) in [5.74, 6) is 0. The van der Waals surface area contributed by atoms with Gasteiger partial charge in [-0.3, -0.25) is 4.98 Å². The normalized spacial score (nSPS) is 10.3. The molecule has 1 heterocycles. The summed E-state index contributed by atoms with van der Waals surface area (Å²) in [4.78, 5) is 6.54. The van der Waals surface area contributed by atoms with Gasteiger partial charge in [-0.05, 0) is 36.8 Å². The molecule has 0 aliphatic carbocycles. The minimum atomic E-state index is 0.318. The van der Waals surface area contributed by atoms with Gasteiger partial charge in [0.25, 0.3) is 0 Å². The molecule has 0 fully saturated rings. The Hall–Kier alpha value is -1.65. The van der Waals surface area contributed by atoms with Crippen molar-refractivity contribution in [1.82, 2.24) is 4.98 Å². The fraction of sp³-hybridized carbons (Fsp3) is 0.200. The number of hydrogen-bond donors (Lipinski definition) is 1. The van der Waals surface area contributed by atoms with Crippen molar-refractivity contribution in [1.29, 1.82) is 0 Å². The molecule has 2 N–H and O–H groups in total. The third-order valence-corrected chi connectivity index (χ3v) is 3.60. The van der Waals surface area contributed by atoms with Crippen LogP contribution in [0.5, 0.6) is 0 Å². The number of rotatable bonds is 5. The highest BCUT2D eigenvalue weighted by Gasteiger charge is 2.15. The Morgan fingerprint density at radius 2 is 2.00 bits per heavy atom. The zero-order chi connectivity index (χ0) is 14.5. The highest BCUT2D eigenvalue weighted by molar-refractivity contribution is 7.80. The molecule has 1 aromatic carbocycles. The largest absolute Gasteiger partial charge is 0.389 e. The van der Waals surface area contributed by atoms with Crippen LogP contribution < -0.4 is 10.6 Å². The van der Waals surface area contributed by atoms with Crippen LogP contribution in [0.3, 0.4) is 0 Å². The smallest absolute Gasteiger partial charge is 0.107 e. The third-order valence-electron chi connectivity index (χ3n) is 3.08. The Morgan fingerprint density at radius 1 is 1.30 bits per heavy atom. The van der Waals surface area contributed by atoms with Gasteiger partial charge >= 0.3 is 0 Å². The highest BCUT2D eigenvalue weighted by Crippen LogP contribution is 2.28. The van der Waals surface area contributed by atoms with Gasteiger partial charge in [0, 0.05) is 31.2 Å². The summed E-state index contributed by atoms with van der Waals surface area (Å²) in [6.07, 6.45) is 3.57. The van der Waals surface area contributed by atoms with Crippen LogP contribution in [-0.4, -0.2) is 16.5 Å². The van der Waals surface area contributed by atoms with E-state index in [0.717, 1.165) is 24.3 Å². The number of halogens is 1. The van der Waals surface area contributed by atoms with Crippen LogP contribution in [0.2, 0.25) is 5.02 Å². The minimum absolute atomic E-state index is 0.318. The fourth-order valence-electron chi connectivity index (χ4n) is 2.10. The van der Waals surface area contributed by atoms with E-state index >= 15 is 0 Å². The number of anilines is 1. The van der Waals surface area contributed by atoms with E-state index in [1.807, 2.05) is 24.3 Å². The van der Waals surface area contributed by atoms with Crippen molar-refractivity contribution in [2.75, 3.05) is 11.4 Å². The van der Waals surface area contributed by atoms with E-state index in [-0.39, 0.29) is 0 Å². The van der Waals surface area contributed by atoms with Crippen LogP contribution >= 0.6 is 23.8 Å². The first-order chi connectivity index (χ1) is 9.63. The van der Waals surface area contributed by atoms with Gasteiger partial charge in [-0.2, -0.15) is 0 Å². The zero-order valence-electron chi connectivity index (χ0n) is 11.2. The lowest BCUT2D eigenvalue weighted by atomic mass is 10.1. The van der Waals surface area contributed by atoms with Crippen molar-refractivity contribution >= 4 is 34.5 Å². The van der Waals surface area contributed by atoms with Crippen LogP contribution in [0.4, 0.5) is 5.69 Å². The number of benzene rings is 1. The monoisotopic (exact) mass is 305 g/mol. The molecule has 0 saturated carbocycles. The maximum Gasteiger partial charge on any atom is 0.107 e. The molecule has 0 unspecified atom stereocenters. The first-order valence-electron chi connectivity index (χ1n) is 6.35. The number of thiocarbonyl (C=S) groups is 1. The van der Waals surface area contributed by atoms with E-state index < -0.39 is 0 Å². The maximum atomic E-state index is 6.22. The van der Waals surface area contributed by atoms with E-state index in [1.165, 1.54) is 5.56 Å². The molecule has 0 atom stereocenters. The van der Waals surface area contributed by atoms with Crippen molar-refractivity contribution in [3.63, 3.8) is 0 Å². The molecular formula is C15H16ClN3S. The van der Waals surface area contributed by atoms with E-state index in [4.69, 9.17) is 29.6 Å². The van der Waals surface area contributed by atoms with Crippen molar-refractivity contribution in [2.45, 2.75) is 13.5 Å².